The highest BCUT2D eigenvalue weighted by Gasteiger charge is 2.16. The number of hydrogen-bond acceptors (Lipinski definition) is 5. The Morgan fingerprint density at radius 2 is 1.79 bits per heavy atom. The van der Waals surface area contributed by atoms with Gasteiger partial charge in [0.15, 0.2) is 0 Å². The molecule has 1 aromatic carbocycles. The summed E-state index contributed by atoms with van der Waals surface area (Å²) in [7, 11) is 0. The third-order valence-electron chi connectivity index (χ3n) is 5.79. The van der Waals surface area contributed by atoms with Crippen LogP contribution in [0.2, 0.25) is 0 Å². The molecule has 0 bridgehead atoms. The fraction of sp³-hybridized carbons (Fsp3) is 0.370. The van der Waals surface area contributed by atoms with E-state index in [2.05, 4.69) is 15.3 Å². The Morgan fingerprint density at radius 3 is 2.42 bits per heavy atom. The molecule has 0 fully saturated rings. The molecule has 2 N–H and O–H groups in total. The lowest BCUT2D eigenvalue weighted by molar-refractivity contribution is 0.0115. The van der Waals surface area contributed by atoms with E-state index in [4.69, 9.17) is 0 Å². The molecule has 1 unspecified atom stereocenters. The highest BCUT2D eigenvalue weighted by atomic mass is 16.3. The Labute approximate surface area is 196 Å². The number of carbonyl (C=O) groups excluding carboxylic acids is 1. The molecule has 1 atom stereocenters. The van der Waals surface area contributed by atoms with Gasteiger partial charge in [0.1, 0.15) is 6.23 Å². The lowest BCUT2D eigenvalue weighted by Crippen LogP contribution is -2.36. The second kappa shape index (κ2) is 11.7. The average Bonchev–Trinajstić information content (AvgIpc) is 2.81. The largest absolute Gasteiger partial charge is 0.378 e. The van der Waals surface area contributed by atoms with Gasteiger partial charge in [0.2, 0.25) is 0 Å². The van der Waals surface area contributed by atoms with E-state index >= 15 is 0 Å². The third-order valence-corrected chi connectivity index (χ3v) is 5.79. The lowest BCUT2D eigenvalue weighted by atomic mass is 9.99. The van der Waals surface area contributed by atoms with Crippen molar-refractivity contribution in [2.45, 2.75) is 46.8 Å². The van der Waals surface area contributed by atoms with Crippen LogP contribution in [-0.4, -0.2) is 51.7 Å². The molecule has 2 aromatic heterocycles. The lowest BCUT2D eigenvalue weighted by Gasteiger charge is -2.25. The number of rotatable bonds is 10. The first-order chi connectivity index (χ1) is 15.9. The van der Waals surface area contributed by atoms with E-state index in [-0.39, 0.29) is 5.91 Å². The molecule has 174 valence electrons. The van der Waals surface area contributed by atoms with Crippen molar-refractivity contribution in [3.63, 3.8) is 0 Å². The van der Waals surface area contributed by atoms with Crippen LogP contribution in [0.1, 0.15) is 46.6 Å². The Morgan fingerprint density at radius 1 is 1.00 bits per heavy atom. The standard InChI is InChI=1S/C27H34N4O2/c1-5-31(6-2)26(32)15-22-13-23(25-10-7-19(3)17-30-25)16-24(14-22)27(33)28-12-11-21-9-8-20(4)29-18-21/h7-10,13-14,16-18,26,32H,5-6,11-12,15H2,1-4H3,(H,28,33). The van der Waals surface area contributed by atoms with Crippen molar-refractivity contribution < 1.29 is 9.90 Å². The first kappa shape index (κ1) is 24.6. The number of nitrogens with zero attached hydrogens (tertiary/aromatic N) is 3. The molecule has 0 spiro atoms. The molecule has 0 aliphatic heterocycles. The van der Waals surface area contributed by atoms with Crippen molar-refractivity contribution in [3.8, 4) is 11.3 Å². The van der Waals surface area contributed by atoms with E-state index in [9.17, 15) is 9.90 Å². The molecule has 33 heavy (non-hydrogen) atoms. The van der Waals surface area contributed by atoms with Crippen LogP contribution >= 0.6 is 0 Å². The molecule has 6 heteroatoms. The molecule has 0 aliphatic carbocycles. The number of hydrogen-bond donors (Lipinski definition) is 2. The minimum Gasteiger partial charge on any atom is -0.378 e. The number of aromatic nitrogens is 2. The van der Waals surface area contributed by atoms with E-state index in [1.165, 1.54) is 0 Å². The summed E-state index contributed by atoms with van der Waals surface area (Å²) in [6, 6.07) is 13.7. The number of likely N-dealkylation sites (N-methyl/N-ethyl adjacent to an activating group) is 1. The Hall–Kier alpha value is -3.09. The van der Waals surface area contributed by atoms with Crippen molar-refractivity contribution in [1.29, 1.82) is 0 Å². The number of aliphatic hydroxyl groups is 1. The molecule has 3 rings (SSSR count). The maximum absolute atomic E-state index is 13.0. The van der Waals surface area contributed by atoms with Crippen LogP contribution in [0, 0.1) is 13.8 Å². The summed E-state index contributed by atoms with van der Waals surface area (Å²) in [6.07, 6.45) is 4.22. The molecule has 2 heterocycles. The van der Waals surface area contributed by atoms with Crippen molar-refractivity contribution in [2.75, 3.05) is 19.6 Å². The van der Waals surface area contributed by atoms with Crippen LogP contribution in [0.15, 0.2) is 54.9 Å². The molecule has 0 saturated carbocycles. The zero-order valence-electron chi connectivity index (χ0n) is 20.0. The first-order valence-corrected chi connectivity index (χ1v) is 11.6. The molecule has 1 amide bonds. The topological polar surface area (TPSA) is 78.4 Å². The maximum atomic E-state index is 13.0. The Kier molecular flexibility index (Phi) is 8.69. The van der Waals surface area contributed by atoms with Gasteiger partial charge in [-0.15, -0.1) is 0 Å². The predicted molar refractivity (Wildman–Crippen MR) is 132 cm³/mol. The van der Waals surface area contributed by atoms with E-state index in [0.29, 0.717) is 24.9 Å². The summed E-state index contributed by atoms with van der Waals surface area (Å²) in [6.45, 7) is 10.1. The van der Waals surface area contributed by atoms with Gasteiger partial charge in [-0.25, -0.2) is 0 Å². The van der Waals surface area contributed by atoms with E-state index in [1.807, 2.05) is 87.5 Å². The number of benzene rings is 1. The Bertz CT molecular complexity index is 1040. The van der Waals surface area contributed by atoms with Crippen molar-refractivity contribution in [1.82, 2.24) is 20.2 Å². The normalized spacial score (nSPS) is 12.1. The van der Waals surface area contributed by atoms with Crippen LogP contribution in [0.25, 0.3) is 11.3 Å². The molecule has 3 aromatic rings. The van der Waals surface area contributed by atoms with Crippen LogP contribution in [0.4, 0.5) is 0 Å². The summed E-state index contributed by atoms with van der Waals surface area (Å²) in [5, 5.41) is 13.7. The van der Waals surface area contributed by atoms with Gasteiger partial charge >= 0.3 is 0 Å². The Balaban J connectivity index is 1.80. The second-order valence-corrected chi connectivity index (χ2v) is 8.36. The molecular formula is C27H34N4O2. The van der Waals surface area contributed by atoms with E-state index < -0.39 is 6.23 Å². The molecule has 0 saturated heterocycles. The minimum atomic E-state index is -0.605. The predicted octanol–water partition coefficient (Wildman–Crippen LogP) is 3.94. The molecular weight excluding hydrogens is 412 g/mol. The van der Waals surface area contributed by atoms with E-state index in [1.54, 1.807) is 0 Å². The zero-order valence-corrected chi connectivity index (χ0v) is 20.0. The summed E-state index contributed by atoms with van der Waals surface area (Å²) in [4.78, 5) is 23.8. The van der Waals surface area contributed by atoms with Crippen LogP contribution in [-0.2, 0) is 12.8 Å². The zero-order chi connectivity index (χ0) is 23.8. The summed E-state index contributed by atoms with van der Waals surface area (Å²) < 4.78 is 0. The van der Waals surface area contributed by atoms with Gasteiger partial charge in [-0.05, 0) is 80.4 Å². The second-order valence-electron chi connectivity index (χ2n) is 8.36. The smallest absolute Gasteiger partial charge is 0.251 e. The number of pyridine rings is 2. The van der Waals surface area contributed by atoms with Crippen LogP contribution < -0.4 is 5.32 Å². The molecule has 0 radical (unpaired) electrons. The van der Waals surface area contributed by atoms with Gasteiger partial charge in [-0.3, -0.25) is 19.7 Å². The maximum Gasteiger partial charge on any atom is 0.251 e. The number of carbonyl (C=O) groups is 1. The molecule has 6 nitrogen and oxygen atoms in total. The molecule has 0 aliphatic rings. The van der Waals surface area contributed by atoms with Gasteiger partial charge in [0.25, 0.3) is 5.91 Å². The quantitative estimate of drug-likeness (QED) is 0.461. The van der Waals surface area contributed by atoms with Crippen molar-refractivity contribution >= 4 is 5.91 Å². The van der Waals surface area contributed by atoms with Gasteiger partial charge in [-0.1, -0.05) is 26.0 Å². The average molecular weight is 447 g/mol. The number of aryl methyl sites for hydroxylation is 2. The van der Waals surface area contributed by atoms with Crippen LogP contribution in [0.5, 0.6) is 0 Å². The van der Waals surface area contributed by atoms with Gasteiger partial charge in [0.05, 0.1) is 5.69 Å². The monoisotopic (exact) mass is 446 g/mol. The van der Waals surface area contributed by atoms with Crippen molar-refractivity contribution in [3.05, 3.63) is 82.8 Å². The number of nitrogens with one attached hydrogen (secondary N) is 1. The first-order valence-electron chi connectivity index (χ1n) is 11.6. The van der Waals surface area contributed by atoms with Gasteiger partial charge < -0.3 is 10.4 Å². The number of aliphatic hydroxyl groups excluding tert-OH is 1. The fourth-order valence-corrected chi connectivity index (χ4v) is 3.78. The third kappa shape index (κ3) is 6.94. The summed E-state index contributed by atoms with van der Waals surface area (Å²) in [5.41, 5.74) is 6.29. The minimum absolute atomic E-state index is 0.136. The summed E-state index contributed by atoms with van der Waals surface area (Å²) >= 11 is 0. The SMILES string of the molecule is CCN(CC)C(O)Cc1cc(C(=O)NCCc2ccc(C)nc2)cc(-c2ccc(C)cn2)c1. The van der Waals surface area contributed by atoms with Crippen molar-refractivity contribution in [2.24, 2.45) is 0 Å². The highest BCUT2D eigenvalue weighted by molar-refractivity contribution is 5.95. The van der Waals surface area contributed by atoms with Crippen LogP contribution in [0.3, 0.4) is 0 Å². The van der Waals surface area contributed by atoms with Gasteiger partial charge in [0, 0.05) is 42.2 Å². The fourth-order valence-electron chi connectivity index (χ4n) is 3.78. The summed E-state index contributed by atoms with van der Waals surface area (Å²) in [5.74, 6) is -0.136. The van der Waals surface area contributed by atoms with Gasteiger partial charge in [-0.2, -0.15) is 0 Å². The van der Waals surface area contributed by atoms with E-state index in [0.717, 1.165) is 46.7 Å². The highest BCUT2D eigenvalue weighted by Crippen LogP contribution is 2.22. The number of amides is 1.